The van der Waals surface area contributed by atoms with Gasteiger partial charge in [-0.3, -0.25) is 4.79 Å². The molecule has 0 bridgehead atoms. The zero-order valence-electron chi connectivity index (χ0n) is 17.3. The summed E-state index contributed by atoms with van der Waals surface area (Å²) in [5.41, 5.74) is 2.08. The molecule has 1 aromatic heterocycles. The van der Waals surface area contributed by atoms with Crippen LogP contribution in [0.2, 0.25) is 0 Å². The van der Waals surface area contributed by atoms with Crippen molar-refractivity contribution in [3.8, 4) is 22.6 Å². The lowest BCUT2D eigenvalue weighted by atomic mass is 10.0. The molecule has 0 spiro atoms. The lowest BCUT2D eigenvalue weighted by Crippen LogP contribution is -2.30. The molecule has 0 unspecified atom stereocenters. The molecule has 0 saturated heterocycles. The third-order valence-electron chi connectivity index (χ3n) is 4.79. The first-order valence-electron chi connectivity index (χ1n) is 9.96. The minimum absolute atomic E-state index is 0.0755. The molecule has 2 aromatic carbocycles. The standard InChI is InChI=1S/C23H27NO6/c1-3-12-29-17-5-6-18-22(14-17)30-15-19(23(18)27)16-4-7-21(28-2)20(13-16)24(8-10-25)9-11-26/h4-7,13-15,25-26H,3,8-12H2,1-2H3. The highest BCUT2D eigenvalue weighted by molar-refractivity contribution is 5.83. The highest BCUT2D eigenvalue weighted by atomic mass is 16.5. The van der Waals surface area contributed by atoms with Gasteiger partial charge >= 0.3 is 0 Å². The first-order valence-corrected chi connectivity index (χ1v) is 9.96. The largest absolute Gasteiger partial charge is 0.495 e. The first kappa shape index (κ1) is 21.7. The molecule has 160 valence electrons. The van der Waals surface area contributed by atoms with E-state index >= 15 is 0 Å². The van der Waals surface area contributed by atoms with Crippen molar-refractivity contribution in [3.05, 3.63) is 52.9 Å². The van der Waals surface area contributed by atoms with E-state index in [0.29, 0.717) is 59.0 Å². The molecule has 0 saturated carbocycles. The Kier molecular flexibility index (Phi) is 7.32. The number of nitrogens with zero attached hydrogens (tertiary/aromatic N) is 1. The monoisotopic (exact) mass is 413 g/mol. The molecule has 3 aromatic rings. The Hall–Kier alpha value is -3.03. The number of methoxy groups -OCH3 is 1. The fraction of sp³-hybridized carbons (Fsp3) is 0.348. The maximum absolute atomic E-state index is 13.1. The van der Waals surface area contributed by atoms with Crippen LogP contribution in [0.25, 0.3) is 22.1 Å². The third kappa shape index (κ3) is 4.58. The molecule has 1 heterocycles. The molecule has 0 fully saturated rings. The van der Waals surface area contributed by atoms with Crippen molar-refractivity contribution in [2.75, 3.05) is 44.9 Å². The van der Waals surface area contributed by atoms with Gasteiger partial charge in [-0.25, -0.2) is 0 Å². The average Bonchev–Trinajstić information content (AvgIpc) is 2.77. The second-order valence-corrected chi connectivity index (χ2v) is 6.81. The fourth-order valence-corrected chi connectivity index (χ4v) is 3.32. The molecule has 0 atom stereocenters. The number of benzene rings is 2. The van der Waals surface area contributed by atoms with Gasteiger partial charge in [-0.1, -0.05) is 13.0 Å². The van der Waals surface area contributed by atoms with E-state index in [-0.39, 0.29) is 18.6 Å². The van der Waals surface area contributed by atoms with Gasteiger partial charge in [0.1, 0.15) is 23.3 Å². The molecule has 0 amide bonds. The van der Waals surface area contributed by atoms with Crippen LogP contribution in [-0.4, -0.2) is 50.2 Å². The number of hydrogen-bond acceptors (Lipinski definition) is 7. The molecule has 7 heteroatoms. The van der Waals surface area contributed by atoms with Crippen molar-refractivity contribution in [1.82, 2.24) is 0 Å². The summed E-state index contributed by atoms with van der Waals surface area (Å²) in [6, 6.07) is 10.6. The van der Waals surface area contributed by atoms with E-state index in [1.807, 2.05) is 11.8 Å². The Morgan fingerprint density at radius 2 is 1.83 bits per heavy atom. The van der Waals surface area contributed by atoms with Gasteiger partial charge < -0.3 is 29.0 Å². The SMILES string of the molecule is CCCOc1ccc2c(=O)c(-c3ccc(OC)c(N(CCO)CCO)c3)coc2c1. The zero-order valence-corrected chi connectivity index (χ0v) is 17.3. The van der Waals surface area contributed by atoms with Gasteiger partial charge in [0.25, 0.3) is 0 Å². The molecule has 7 nitrogen and oxygen atoms in total. The number of hydrogen-bond donors (Lipinski definition) is 2. The van der Waals surface area contributed by atoms with Crippen LogP contribution in [-0.2, 0) is 0 Å². The van der Waals surface area contributed by atoms with Gasteiger partial charge in [0.15, 0.2) is 5.43 Å². The van der Waals surface area contributed by atoms with E-state index in [0.717, 1.165) is 6.42 Å². The van der Waals surface area contributed by atoms with Crippen LogP contribution in [0, 0.1) is 0 Å². The summed E-state index contributed by atoms with van der Waals surface area (Å²) in [6.07, 6.45) is 2.34. The summed E-state index contributed by atoms with van der Waals surface area (Å²) in [7, 11) is 1.55. The second-order valence-electron chi connectivity index (χ2n) is 6.81. The Bertz CT molecular complexity index is 1040. The maximum atomic E-state index is 13.1. The van der Waals surface area contributed by atoms with Crippen LogP contribution >= 0.6 is 0 Å². The van der Waals surface area contributed by atoms with Gasteiger partial charge in [0.05, 0.1) is 43.6 Å². The van der Waals surface area contributed by atoms with Crippen LogP contribution in [0.4, 0.5) is 5.69 Å². The Morgan fingerprint density at radius 1 is 1.07 bits per heavy atom. The molecule has 0 aliphatic rings. The lowest BCUT2D eigenvalue weighted by Gasteiger charge is -2.25. The van der Waals surface area contributed by atoms with E-state index in [1.165, 1.54) is 6.26 Å². The van der Waals surface area contributed by atoms with Gasteiger partial charge in [-0.2, -0.15) is 0 Å². The number of aliphatic hydroxyl groups excluding tert-OH is 2. The van der Waals surface area contributed by atoms with Gasteiger partial charge in [0, 0.05) is 19.2 Å². The van der Waals surface area contributed by atoms with Gasteiger partial charge in [0.2, 0.25) is 0 Å². The van der Waals surface area contributed by atoms with Crippen LogP contribution < -0.4 is 19.8 Å². The number of fused-ring (bicyclic) bond motifs is 1. The second kappa shape index (κ2) is 10.1. The average molecular weight is 413 g/mol. The molecule has 2 N–H and O–H groups in total. The van der Waals surface area contributed by atoms with Crippen molar-refractivity contribution in [3.63, 3.8) is 0 Å². The summed E-state index contributed by atoms with van der Waals surface area (Å²) in [5, 5.41) is 19.2. The normalized spacial score (nSPS) is 10.9. The van der Waals surface area contributed by atoms with Crippen molar-refractivity contribution in [1.29, 1.82) is 0 Å². The highest BCUT2D eigenvalue weighted by Crippen LogP contribution is 2.33. The third-order valence-corrected chi connectivity index (χ3v) is 4.79. The summed E-state index contributed by atoms with van der Waals surface area (Å²) < 4.78 is 16.8. The highest BCUT2D eigenvalue weighted by Gasteiger charge is 2.16. The molecular formula is C23H27NO6. The van der Waals surface area contributed by atoms with Gasteiger partial charge in [-0.05, 0) is 36.2 Å². The van der Waals surface area contributed by atoms with Gasteiger partial charge in [-0.15, -0.1) is 0 Å². The fourth-order valence-electron chi connectivity index (χ4n) is 3.32. The molecule has 0 radical (unpaired) electrons. The van der Waals surface area contributed by atoms with Crippen molar-refractivity contribution >= 4 is 16.7 Å². The summed E-state index contributed by atoms with van der Waals surface area (Å²) in [5.74, 6) is 1.25. The van der Waals surface area contributed by atoms with Crippen LogP contribution in [0.3, 0.4) is 0 Å². The van der Waals surface area contributed by atoms with E-state index in [2.05, 4.69) is 0 Å². The van der Waals surface area contributed by atoms with E-state index < -0.39 is 0 Å². The molecule has 3 rings (SSSR count). The van der Waals surface area contributed by atoms with E-state index in [1.54, 1.807) is 43.5 Å². The first-order chi connectivity index (χ1) is 14.6. The number of aliphatic hydroxyl groups is 2. The predicted molar refractivity (Wildman–Crippen MR) is 117 cm³/mol. The smallest absolute Gasteiger partial charge is 0.200 e. The lowest BCUT2D eigenvalue weighted by molar-refractivity contribution is 0.280. The van der Waals surface area contributed by atoms with Crippen LogP contribution in [0.1, 0.15) is 13.3 Å². The molecule has 30 heavy (non-hydrogen) atoms. The van der Waals surface area contributed by atoms with Crippen molar-refractivity contribution < 1.29 is 24.1 Å². The minimum atomic E-state index is -0.148. The summed E-state index contributed by atoms with van der Waals surface area (Å²) in [4.78, 5) is 14.9. The summed E-state index contributed by atoms with van der Waals surface area (Å²) >= 11 is 0. The summed E-state index contributed by atoms with van der Waals surface area (Å²) in [6.45, 7) is 3.13. The Balaban J connectivity index is 2.05. The van der Waals surface area contributed by atoms with Crippen LogP contribution in [0.5, 0.6) is 11.5 Å². The van der Waals surface area contributed by atoms with E-state index in [9.17, 15) is 15.0 Å². The Morgan fingerprint density at radius 3 is 2.50 bits per heavy atom. The number of anilines is 1. The zero-order chi connectivity index (χ0) is 21.5. The molecular weight excluding hydrogens is 386 g/mol. The topological polar surface area (TPSA) is 92.4 Å². The predicted octanol–water partition coefficient (Wildman–Crippen LogP) is 3.05. The van der Waals surface area contributed by atoms with Crippen molar-refractivity contribution in [2.24, 2.45) is 0 Å². The quantitative estimate of drug-likeness (QED) is 0.528. The van der Waals surface area contributed by atoms with Crippen molar-refractivity contribution in [2.45, 2.75) is 13.3 Å². The molecule has 0 aliphatic heterocycles. The Labute approximate surface area is 175 Å². The van der Waals surface area contributed by atoms with Crippen LogP contribution in [0.15, 0.2) is 51.9 Å². The maximum Gasteiger partial charge on any atom is 0.200 e. The minimum Gasteiger partial charge on any atom is -0.495 e. The number of ether oxygens (including phenoxy) is 2. The molecule has 0 aliphatic carbocycles. The number of rotatable bonds is 10. The van der Waals surface area contributed by atoms with E-state index in [4.69, 9.17) is 13.9 Å².